The highest BCUT2D eigenvalue weighted by atomic mass is 16.4. The molecule has 0 spiro atoms. The lowest BCUT2D eigenvalue weighted by Gasteiger charge is -2.04. The molecular formula is C14H13BN2O2. The van der Waals surface area contributed by atoms with Gasteiger partial charge in [-0.1, -0.05) is 36.4 Å². The Balaban J connectivity index is 2.09. The van der Waals surface area contributed by atoms with Crippen molar-refractivity contribution in [1.82, 2.24) is 9.55 Å². The maximum absolute atomic E-state index is 9.42. The summed E-state index contributed by atoms with van der Waals surface area (Å²) in [6, 6.07) is 13.6. The van der Waals surface area contributed by atoms with Crippen LogP contribution >= 0.6 is 0 Å². The van der Waals surface area contributed by atoms with Crippen LogP contribution in [0.4, 0.5) is 0 Å². The van der Waals surface area contributed by atoms with Gasteiger partial charge in [-0.25, -0.2) is 4.98 Å². The maximum atomic E-state index is 9.42. The third-order valence-corrected chi connectivity index (χ3v) is 3.14. The van der Waals surface area contributed by atoms with E-state index in [4.69, 9.17) is 0 Å². The summed E-state index contributed by atoms with van der Waals surface area (Å²) in [5.41, 5.74) is 2.39. The van der Waals surface area contributed by atoms with Gasteiger partial charge in [0.25, 0.3) is 0 Å². The Bertz CT molecular complexity index is 695. The van der Waals surface area contributed by atoms with Crippen LogP contribution in [0.5, 0.6) is 0 Å². The van der Waals surface area contributed by atoms with Crippen LogP contribution in [-0.4, -0.2) is 26.7 Å². The molecule has 3 rings (SSSR count). The molecule has 0 aliphatic heterocycles. The van der Waals surface area contributed by atoms with Crippen LogP contribution in [0.25, 0.3) is 11.0 Å². The number of hydrogen-bond donors (Lipinski definition) is 2. The van der Waals surface area contributed by atoms with Crippen LogP contribution < -0.4 is 5.46 Å². The average Bonchev–Trinajstić information content (AvgIpc) is 2.79. The largest absolute Gasteiger partial charge is 0.490 e. The number of benzene rings is 1. The minimum absolute atomic E-state index is 0.485. The molecule has 0 aliphatic carbocycles. The zero-order chi connectivity index (χ0) is 13.2. The van der Waals surface area contributed by atoms with Crippen molar-refractivity contribution in [2.24, 2.45) is 0 Å². The number of hydrogen-bond acceptors (Lipinski definition) is 3. The summed E-state index contributed by atoms with van der Waals surface area (Å²) in [6.07, 6.45) is 3.45. The summed E-state index contributed by atoms with van der Waals surface area (Å²) in [7, 11) is -1.48. The first kappa shape index (κ1) is 12.0. The highest BCUT2D eigenvalue weighted by molar-refractivity contribution is 6.62. The molecule has 0 fully saturated rings. The Morgan fingerprint density at radius 3 is 2.58 bits per heavy atom. The van der Waals surface area contributed by atoms with Crippen LogP contribution in [0.3, 0.4) is 0 Å². The number of nitrogens with zero attached hydrogens (tertiary/aromatic N) is 2. The predicted molar refractivity (Wildman–Crippen MR) is 75.1 cm³/mol. The summed E-state index contributed by atoms with van der Waals surface area (Å²) in [6.45, 7) is 0.654. The second kappa shape index (κ2) is 4.88. The van der Waals surface area contributed by atoms with Gasteiger partial charge < -0.3 is 14.6 Å². The molecule has 2 aromatic heterocycles. The number of fused-ring (bicyclic) bond motifs is 1. The van der Waals surface area contributed by atoms with Crippen molar-refractivity contribution >= 4 is 23.6 Å². The predicted octanol–water partition coefficient (Wildman–Crippen LogP) is 0.764. The van der Waals surface area contributed by atoms with Gasteiger partial charge in [-0.3, -0.25) is 0 Å². The number of rotatable bonds is 3. The molecule has 0 radical (unpaired) electrons. The van der Waals surface area contributed by atoms with Crippen molar-refractivity contribution in [3.63, 3.8) is 0 Å². The Hall–Kier alpha value is -2.11. The van der Waals surface area contributed by atoms with E-state index >= 15 is 0 Å². The van der Waals surface area contributed by atoms with Gasteiger partial charge in [-0.2, -0.15) is 0 Å². The second-order valence-electron chi connectivity index (χ2n) is 4.45. The third kappa shape index (κ3) is 2.25. The summed E-state index contributed by atoms with van der Waals surface area (Å²) < 4.78 is 1.93. The SMILES string of the molecule is OB(O)c1cn(Cc2ccccc2)c2ncccc12. The van der Waals surface area contributed by atoms with Gasteiger partial charge in [-0.05, 0) is 11.6 Å². The summed E-state index contributed by atoms with van der Waals surface area (Å²) in [5, 5.41) is 19.6. The molecular weight excluding hydrogens is 239 g/mol. The van der Waals surface area contributed by atoms with Crippen LogP contribution in [0.2, 0.25) is 0 Å². The van der Waals surface area contributed by atoms with Crippen molar-refractivity contribution in [3.8, 4) is 0 Å². The van der Waals surface area contributed by atoms with Gasteiger partial charge in [0.15, 0.2) is 0 Å². The molecule has 1 aromatic carbocycles. The monoisotopic (exact) mass is 252 g/mol. The molecule has 0 unspecified atom stereocenters. The lowest BCUT2D eigenvalue weighted by atomic mass is 9.80. The van der Waals surface area contributed by atoms with Crippen LogP contribution in [-0.2, 0) is 6.54 Å². The van der Waals surface area contributed by atoms with E-state index in [-0.39, 0.29) is 0 Å². The van der Waals surface area contributed by atoms with Crippen LogP contribution in [0, 0.1) is 0 Å². The molecule has 0 saturated carbocycles. The van der Waals surface area contributed by atoms with Gasteiger partial charge in [-0.15, -0.1) is 0 Å². The summed E-state index contributed by atoms with van der Waals surface area (Å²) in [5.74, 6) is 0. The van der Waals surface area contributed by atoms with E-state index < -0.39 is 7.12 Å². The summed E-state index contributed by atoms with van der Waals surface area (Å²) >= 11 is 0. The minimum Gasteiger partial charge on any atom is -0.423 e. The van der Waals surface area contributed by atoms with E-state index in [1.54, 1.807) is 18.5 Å². The molecule has 2 heterocycles. The molecule has 19 heavy (non-hydrogen) atoms. The van der Waals surface area contributed by atoms with Gasteiger partial charge in [0.1, 0.15) is 5.65 Å². The van der Waals surface area contributed by atoms with Crippen molar-refractivity contribution in [3.05, 3.63) is 60.4 Å². The fraction of sp³-hybridized carbons (Fsp3) is 0.0714. The first-order chi connectivity index (χ1) is 9.25. The first-order valence-electron chi connectivity index (χ1n) is 6.09. The van der Waals surface area contributed by atoms with Gasteiger partial charge in [0.05, 0.1) is 0 Å². The molecule has 5 heteroatoms. The molecule has 0 atom stereocenters. The molecule has 94 valence electrons. The summed E-state index contributed by atoms with van der Waals surface area (Å²) in [4.78, 5) is 4.32. The molecule has 4 nitrogen and oxygen atoms in total. The molecule has 0 saturated heterocycles. The van der Waals surface area contributed by atoms with Crippen molar-refractivity contribution in [2.75, 3.05) is 0 Å². The Kier molecular flexibility index (Phi) is 3.07. The Morgan fingerprint density at radius 2 is 1.84 bits per heavy atom. The van der Waals surface area contributed by atoms with Crippen molar-refractivity contribution < 1.29 is 10.0 Å². The van der Waals surface area contributed by atoms with Crippen LogP contribution in [0.1, 0.15) is 5.56 Å². The van der Waals surface area contributed by atoms with E-state index in [9.17, 15) is 10.0 Å². The highest BCUT2D eigenvalue weighted by Crippen LogP contribution is 2.13. The number of aromatic nitrogens is 2. The normalized spacial score (nSPS) is 10.8. The second-order valence-corrected chi connectivity index (χ2v) is 4.45. The fourth-order valence-electron chi connectivity index (χ4n) is 2.26. The van der Waals surface area contributed by atoms with Crippen LogP contribution in [0.15, 0.2) is 54.9 Å². The molecule has 0 amide bonds. The smallest absolute Gasteiger partial charge is 0.423 e. The molecule has 3 aromatic rings. The molecule has 2 N–H and O–H groups in total. The van der Waals surface area contributed by atoms with E-state index in [1.807, 2.05) is 41.0 Å². The standard InChI is InChI=1S/C14H13BN2O2/c18-15(19)13-10-17(9-11-5-2-1-3-6-11)14-12(13)7-4-8-16-14/h1-8,10,18-19H,9H2. The fourth-order valence-corrected chi connectivity index (χ4v) is 2.26. The Morgan fingerprint density at radius 1 is 1.05 bits per heavy atom. The topological polar surface area (TPSA) is 58.3 Å². The zero-order valence-electron chi connectivity index (χ0n) is 10.3. The van der Waals surface area contributed by atoms with Crippen molar-refractivity contribution in [2.45, 2.75) is 6.54 Å². The third-order valence-electron chi connectivity index (χ3n) is 3.14. The maximum Gasteiger partial charge on any atom is 0.490 e. The first-order valence-corrected chi connectivity index (χ1v) is 6.09. The van der Waals surface area contributed by atoms with E-state index in [1.165, 1.54) is 0 Å². The van der Waals surface area contributed by atoms with Gasteiger partial charge in [0.2, 0.25) is 0 Å². The lowest BCUT2D eigenvalue weighted by molar-refractivity contribution is 0.426. The quantitative estimate of drug-likeness (QED) is 0.677. The van der Waals surface area contributed by atoms with E-state index in [2.05, 4.69) is 4.98 Å². The number of pyridine rings is 1. The molecule has 0 bridgehead atoms. The van der Waals surface area contributed by atoms with Crippen molar-refractivity contribution in [1.29, 1.82) is 0 Å². The minimum atomic E-state index is -1.48. The van der Waals surface area contributed by atoms with E-state index in [0.717, 1.165) is 16.6 Å². The Labute approximate surface area is 111 Å². The van der Waals surface area contributed by atoms with Gasteiger partial charge in [0, 0.05) is 29.8 Å². The zero-order valence-corrected chi connectivity index (χ0v) is 10.3. The van der Waals surface area contributed by atoms with Gasteiger partial charge >= 0.3 is 7.12 Å². The van der Waals surface area contributed by atoms with E-state index in [0.29, 0.717) is 12.0 Å². The lowest BCUT2D eigenvalue weighted by Crippen LogP contribution is -2.29. The highest BCUT2D eigenvalue weighted by Gasteiger charge is 2.19. The average molecular weight is 252 g/mol. The molecule has 0 aliphatic rings.